The van der Waals surface area contributed by atoms with Crippen molar-refractivity contribution in [3.05, 3.63) is 22.2 Å². The van der Waals surface area contributed by atoms with E-state index in [1.807, 2.05) is 0 Å². The standard InChI is InChI=1S/C14H22N4O/c15-11-3-1-2-9(6-11)8-16-12-7-13(19)18-14(17-12)10-4-5-10/h7,9-11H,1-6,8,15H2,(H2,16,17,18,19). The van der Waals surface area contributed by atoms with Crippen LogP contribution in [-0.2, 0) is 0 Å². The molecule has 0 radical (unpaired) electrons. The molecule has 3 rings (SSSR count). The number of aromatic amines is 1. The molecule has 0 saturated heterocycles. The molecule has 0 bridgehead atoms. The normalized spacial score (nSPS) is 27.2. The van der Waals surface area contributed by atoms with E-state index in [0.29, 0.717) is 23.7 Å². The van der Waals surface area contributed by atoms with E-state index in [0.717, 1.165) is 38.1 Å². The van der Waals surface area contributed by atoms with Crippen LogP contribution < -0.4 is 16.6 Å². The van der Waals surface area contributed by atoms with Crippen molar-refractivity contribution in [1.82, 2.24) is 9.97 Å². The van der Waals surface area contributed by atoms with Crippen LogP contribution in [-0.4, -0.2) is 22.6 Å². The Morgan fingerprint density at radius 3 is 2.95 bits per heavy atom. The minimum atomic E-state index is -0.0558. The first-order chi connectivity index (χ1) is 9.20. The van der Waals surface area contributed by atoms with Crippen LogP contribution in [0.15, 0.2) is 10.9 Å². The average molecular weight is 262 g/mol. The highest BCUT2D eigenvalue weighted by Gasteiger charge is 2.26. The Balaban J connectivity index is 1.61. The lowest BCUT2D eigenvalue weighted by Crippen LogP contribution is -2.31. The van der Waals surface area contributed by atoms with Crippen LogP contribution in [0, 0.1) is 5.92 Å². The van der Waals surface area contributed by atoms with Crippen molar-refractivity contribution in [2.45, 2.75) is 50.5 Å². The number of nitrogens with two attached hydrogens (primary N) is 1. The molecule has 104 valence electrons. The van der Waals surface area contributed by atoms with Crippen molar-refractivity contribution in [3.8, 4) is 0 Å². The van der Waals surface area contributed by atoms with Crippen LogP contribution >= 0.6 is 0 Å². The first kappa shape index (κ1) is 12.7. The summed E-state index contributed by atoms with van der Waals surface area (Å²) in [5.41, 5.74) is 5.94. The number of anilines is 1. The molecule has 2 aliphatic rings. The first-order valence-electron chi connectivity index (χ1n) is 7.31. The van der Waals surface area contributed by atoms with Gasteiger partial charge in [-0.05, 0) is 38.0 Å². The number of rotatable bonds is 4. The van der Waals surface area contributed by atoms with Crippen molar-refractivity contribution in [2.75, 3.05) is 11.9 Å². The van der Waals surface area contributed by atoms with Gasteiger partial charge in [-0.25, -0.2) is 4.98 Å². The third-order valence-electron chi connectivity index (χ3n) is 4.12. The van der Waals surface area contributed by atoms with Crippen molar-refractivity contribution in [1.29, 1.82) is 0 Å². The molecule has 2 saturated carbocycles. The maximum Gasteiger partial charge on any atom is 0.252 e. The molecule has 0 amide bonds. The lowest BCUT2D eigenvalue weighted by atomic mass is 9.86. The minimum absolute atomic E-state index is 0.0558. The molecule has 5 nitrogen and oxygen atoms in total. The molecule has 0 aromatic carbocycles. The third-order valence-corrected chi connectivity index (χ3v) is 4.12. The van der Waals surface area contributed by atoms with Gasteiger partial charge < -0.3 is 16.0 Å². The van der Waals surface area contributed by atoms with E-state index < -0.39 is 0 Å². The molecule has 2 unspecified atom stereocenters. The summed E-state index contributed by atoms with van der Waals surface area (Å²) in [6.07, 6.45) is 6.94. The topological polar surface area (TPSA) is 83.8 Å². The highest BCUT2D eigenvalue weighted by molar-refractivity contribution is 5.34. The molecule has 5 heteroatoms. The molecule has 1 aromatic rings. The second-order valence-electron chi connectivity index (χ2n) is 5.96. The number of hydrogen-bond acceptors (Lipinski definition) is 4. The van der Waals surface area contributed by atoms with E-state index in [9.17, 15) is 4.79 Å². The van der Waals surface area contributed by atoms with Crippen molar-refractivity contribution in [2.24, 2.45) is 11.7 Å². The lowest BCUT2D eigenvalue weighted by Gasteiger charge is -2.26. The molecule has 1 heterocycles. The van der Waals surface area contributed by atoms with Crippen LogP contribution in [0.2, 0.25) is 0 Å². The largest absolute Gasteiger partial charge is 0.370 e. The fourth-order valence-electron chi connectivity index (χ4n) is 2.88. The van der Waals surface area contributed by atoms with Gasteiger partial charge in [-0.1, -0.05) is 6.42 Å². The van der Waals surface area contributed by atoms with E-state index in [1.165, 1.54) is 12.8 Å². The molecule has 2 aliphatic carbocycles. The Bertz CT molecular complexity index is 494. The highest BCUT2D eigenvalue weighted by Crippen LogP contribution is 2.37. The predicted molar refractivity (Wildman–Crippen MR) is 75.3 cm³/mol. The summed E-state index contributed by atoms with van der Waals surface area (Å²) in [4.78, 5) is 18.9. The molecule has 4 N–H and O–H groups in total. The van der Waals surface area contributed by atoms with E-state index in [4.69, 9.17) is 5.73 Å². The SMILES string of the molecule is NC1CCCC(CNc2cc(=O)[nH]c(C3CC3)n2)C1. The van der Waals surface area contributed by atoms with Gasteiger partial charge in [0.05, 0.1) is 0 Å². The third kappa shape index (κ3) is 3.35. The number of nitrogens with zero attached hydrogens (tertiary/aromatic N) is 1. The van der Waals surface area contributed by atoms with E-state index in [2.05, 4.69) is 15.3 Å². The fourth-order valence-corrected chi connectivity index (χ4v) is 2.88. The van der Waals surface area contributed by atoms with Gasteiger partial charge >= 0.3 is 0 Å². The zero-order chi connectivity index (χ0) is 13.2. The van der Waals surface area contributed by atoms with Crippen molar-refractivity contribution < 1.29 is 0 Å². The summed E-state index contributed by atoms with van der Waals surface area (Å²) in [5.74, 6) is 2.63. The molecule has 2 atom stereocenters. The van der Waals surface area contributed by atoms with E-state index >= 15 is 0 Å². The molecule has 1 aromatic heterocycles. The molecular formula is C14H22N4O. The number of hydrogen-bond donors (Lipinski definition) is 3. The zero-order valence-electron chi connectivity index (χ0n) is 11.2. The highest BCUT2D eigenvalue weighted by atomic mass is 16.1. The van der Waals surface area contributed by atoms with Crippen LogP contribution in [0.25, 0.3) is 0 Å². The fraction of sp³-hybridized carbons (Fsp3) is 0.714. The summed E-state index contributed by atoms with van der Waals surface area (Å²) in [7, 11) is 0. The molecular weight excluding hydrogens is 240 g/mol. The Hall–Kier alpha value is -1.36. The summed E-state index contributed by atoms with van der Waals surface area (Å²) < 4.78 is 0. The minimum Gasteiger partial charge on any atom is -0.370 e. The predicted octanol–water partition coefficient (Wildman–Crippen LogP) is 1.58. The Morgan fingerprint density at radius 2 is 2.21 bits per heavy atom. The molecule has 0 spiro atoms. The maximum atomic E-state index is 11.6. The van der Waals surface area contributed by atoms with Crippen LogP contribution in [0.1, 0.15) is 50.3 Å². The maximum absolute atomic E-state index is 11.6. The Morgan fingerprint density at radius 1 is 1.37 bits per heavy atom. The van der Waals surface area contributed by atoms with Gasteiger partial charge in [0.1, 0.15) is 11.6 Å². The smallest absolute Gasteiger partial charge is 0.252 e. The van der Waals surface area contributed by atoms with Gasteiger partial charge in [-0.2, -0.15) is 0 Å². The van der Waals surface area contributed by atoms with Crippen molar-refractivity contribution in [3.63, 3.8) is 0 Å². The van der Waals surface area contributed by atoms with Gasteiger partial charge in [0.15, 0.2) is 0 Å². The molecule has 19 heavy (non-hydrogen) atoms. The Kier molecular flexibility index (Phi) is 3.55. The van der Waals surface area contributed by atoms with E-state index in [-0.39, 0.29) is 5.56 Å². The zero-order valence-corrected chi connectivity index (χ0v) is 11.2. The van der Waals surface area contributed by atoms with Gasteiger partial charge in [-0.15, -0.1) is 0 Å². The molecule has 0 aliphatic heterocycles. The van der Waals surface area contributed by atoms with Crippen molar-refractivity contribution >= 4 is 5.82 Å². The average Bonchev–Trinajstić information content (AvgIpc) is 3.20. The second-order valence-corrected chi connectivity index (χ2v) is 5.96. The summed E-state index contributed by atoms with van der Waals surface area (Å²) in [6.45, 7) is 0.869. The second kappa shape index (κ2) is 5.33. The van der Waals surface area contributed by atoms with Gasteiger partial charge in [-0.3, -0.25) is 4.79 Å². The number of H-pyrrole nitrogens is 1. The summed E-state index contributed by atoms with van der Waals surface area (Å²) >= 11 is 0. The summed E-state index contributed by atoms with van der Waals surface area (Å²) in [6, 6.07) is 1.89. The summed E-state index contributed by atoms with van der Waals surface area (Å²) in [5, 5.41) is 3.31. The number of aromatic nitrogens is 2. The van der Waals surface area contributed by atoms with E-state index in [1.54, 1.807) is 6.07 Å². The van der Waals surface area contributed by atoms with Gasteiger partial charge in [0.25, 0.3) is 5.56 Å². The first-order valence-corrected chi connectivity index (χ1v) is 7.31. The molecule has 2 fully saturated rings. The van der Waals surface area contributed by atoms with Crippen LogP contribution in [0.5, 0.6) is 0 Å². The Labute approximate surface area is 113 Å². The van der Waals surface area contributed by atoms with Crippen LogP contribution in [0.4, 0.5) is 5.82 Å². The van der Waals surface area contributed by atoms with Gasteiger partial charge in [0, 0.05) is 24.6 Å². The lowest BCUT2D eigenvalue weighted by molar-refractivity contribution is 0.334. The number of nitrogens with one attached hydrogen (secondary N) is 2. The van der Waals surface area contributed by atoms with Gasteiger partial charge in [0.2, 0.25) is 0 Å². The monoisotopic (exact) mass is 262 g/mol. The quantitative estimate of drug-likeness (QED) is 0.769. The van der Waals surface area contributed by atoms with Crippen LogP contribution in [0.3, 0.4) is 0 Å².